The average Bonchev–Trinajstić information content (AvgIpc) is 3.21. The second kappa shape index (κ2) is 7.43. The van der Waals surface area contributed by atoms with E-state index in [-0.39, 0.29) is 11.8 Å². The Hall–Kier alpha value is -2.60. The molecule has 2 heterocycles. The second-order valence-corrected chi connectivity index (χ2v) is 8.05. The summed E-state index contributed by atoms with van der Waals surface area (Å²) < 4.78 is 2.85. The van der Waals surface area contributed by atoms with Crippen LogP contribution >= 0.6 is 15.9 Å². The summed E-state index contributed by atoms with van der Waals surface area (Å²) in [6.07, 6.45) is 1.35. The minimum absolute atomic E-state index is 0.0776. The van der Waals surface area contributed by atoms with Crippen LogP contribution in [0.25, 0.3) is 10.9 Å². The van der Waals surface area contributed by atoms with Gasteiger partial charge in [-0.25, -0.2) is 0 Å². The number of nitrogens with zero attached hydrogens (tertiary/aromatic N) is 2. The van der Waals surface area contributed by atoms with Crippen molar-refractivity contribution < 1.29 is 9.59 Å². The number of aromatic nitrogens is 1. The van der Waals surface area contributed by atoms with E-state index >= 15 is 0 Å². The van der Waals surface area contributed by atoms with Crippen molar-refractivity contribution in [1.29, 1.82) is 0 Å². The molecule has 144 valence electrons. The molecule has 4 rings (SSSR count). The number of benzene rings is 2. The molecule has 0 aliphatic carbocycles. The molecule has 1 saturated heterocycles. The number of carbonyl (C=O) groups is 2. The largest absolute Gasteiger partial charge is 0.347 e. The number of nitrogens with one attached hydrogen (secondary N) is 1. The summed E-state index contributed by atoms with van der Waals surface area (Å²) in [5.74, 6) is -0.101. The highest BCUT2D eigenvalue weighted by molar-refractivity contribution is 9.10. The van der Waals surface area contributed by atoms with Gasteiger partial charge < -0.3 is 14.8 Å². The maximum Gasteiger partial charge on any atom is 0.270 e. The summed E-state index contributed by atoms with van der Waals surface area (Å²) in [5.41, 5.74) is 4.32. The predicted molar refractivity (Wildman–Crippen MR) is 115 cm³/mol. The van der Waals surface area contributed by atoms with Crippen LogP contribution in [0.2, 0.25) is 0 Å². The van der Waals surface area contributed by atoms with Crippen LogP contribution in [0.1, 0.15) is 34.5 Å². The van der Waals surface area contributed by atoms with Gasteiger partial charge in [0, 0.05) is 36.4 Å². The molecular weight excluding hydrogens is 418 g/mol. The van der Waals surface area contributed by atoms with Crippen LogP contribution in [0.5, 0.6) is 0 Å². The van der Waals surface area contributed by atoms with Crippen molar-refractivity contribution in [3.8, 4) is 0 Å². The summed E-state index contributed by atoms with van der Waals surface area (Å²) in [5, 5.41) is 3.97. The molecule has 1 N–H and O–H groups in total. The molecule has 0 spiro atoms. The summed E-state index contributed by atoms with van der Waals surface area (Å²) in [6, 6.07) is 13.9. The lowest BCUT2D eigenvalue weighted by Crippen LogP contribution is -2.30. The van der Waals surface area contributed by atoms with Gasteiger partial charge in [-0.2, -0.15) is 0 Å². The highest BCUT2D eigenvalue weighted by Crippen LogP contribution is 2.36. The molecule has 0 atom stereocenters. The molecular formula is C22H22BrN3O2. The van der Waals surface area contributed by atoms with Crippen molar-refractivity contribution in [2.24, 2.45) is 7.05 Å². The number of anilines is 1. The van der Waals surface area contributed by atoms with Crippen LogP contribution in [-0.2, 0) is 18.4 Å². The standard InChI is InChI=1S/C22H22BrN3O2/c1-14-9-10-18-16(12-14)20(26-11-5-8-19(26)27)21(25(18)2)22(28)24-13-15-6-3-4-7-17(15)23/h3-4,6-7,9-10,12H,5,8,11,13H2,1-2H3,(H,24,28). The summed E-state index contributed by atoms with van der Waals surface area (Å²) in [6.45, 7) is 3.08. The van der Waals surface area contributed by atoms with E-state index < -0.39 is 0 Å². The first kappa shape index (κ1) is 18.7. The zero-order valence-corrected chi connectivity index (χ0v) is 17.5. The van der Waals surface area contributed by atoms with Crippen molar-refractivity contribution in [2.75, 3.05) is 11.4 Å². The van der Waals surface area contributed by atoms with Gasteiger partial charge in [-0.05, 0) is 37.1 Å². The number of carbonyl (C=O) groups excluding carboxylic acids is 2. The lowest BCUT2D eigenvalue weighted by Gasteiger charge is -2.18. The van der Waals surface area contributed by atoms with E-state index in [9.17, 15) is 9.59 Å². The Morgan fingerprint density at radius 3 is 2.71 bits per heavy atom. The Morgan fingerprint density at radius 1 is 1.21 bits per heavy atom. The van der Waals surface area contributed by atoms with Gasteiger partial charge in [0.25, 0.3) is 5.91 Å². The van der Waals surface area contributed by atoms with Gasteiger partial charge in [-0.1, -0.05) is 45.8 Å². The van der Waals surface area contributed by atoms with Crippen molar-refractivity contribution in [3.63, 3.8) is 0 Å². The van der Waals surface area contributed by atoms with Crippen molar-refractivity contribution in [3.05, 3.63) is 63.8 Å². The fourth-order valence-electron chi connectivity index (χ4n) is 3.86. The number of halogens is 1. The molecule has 0 saturated carbocycles. The summed E-state index contributed by atoms with van der Waals surface area (Å²) in [7, 11) is 1.88. The molecule has 1 fully saturated rings. The van der Waals surface area contributed by atoms with Crippen LogP contribution in [0, 0.1) is 6.92 Å². The molecule has 1 aliphatic heterocycles. The Bertz CT molecular complexity index is 1090. The van der Waals surface area contributed by atoms with Crippen LogP contribution in [0.15, 0.2) is 46.9 Å². The molecule has 0 radical (unpaired) electrons. The van der Waals surface area contributed by atoms with Crippen LogP contribution in [0.4, 0.5) is 5.69 Å². The Labute approximate surface area is 172 Å². The Morgan fingerprint density at radius 2 is 2.00 bits per heavy atom. The number of hydrogen-bond acceptors (Lipinski definition) is 2. The third kappa shape index (κ3) is 3.22. The first-order valence-electron chi connectivity index (χ1n) is 9.38. The van der Waals surface area contributed by atoms with Gasteiger partial charge >= 0.3 is 0 Å². The molecule has 2 aromatic carbocycles. The van der Waals surface area contributed by atoms with Gasteiger partial charge in [-0.3, -0.25) is 9.59 Å². The Kier molecular flexibility index (Phi) is 4.98. The molecule has 1 aliphatic rings. The first-order chi connectivity index (χ1) is 13.5. The van der Waals surface area contributed by atoms with Crippen molar-refractivity contribution >= 4 is 44.3 Å². The molecule has 28 heavy (non-hydrogen) atoms. The quantitative estimate of drug-likeness (QED) is 0.658. The van der Waals surface area contributed by atoms with Gasteiger partial charge in [0.1, 0.15) is 5.69 Å². The molecule has 6 heteroatoms. The van der Waals surface area contributed by atoms with E-state index in [1.807, 2.05) is 54.9 Å². The average molecular weight is 440 g/mol. The zero-order chi connectivity index (χ0) is 19.8. The van der Waals surface area contributed by atoms with E-state index in [0.29, 0.717) is 25.2 Å². The zero-order valence-electron chi connectivity index (χ0n) is 16.0. The maximum absolute atomic E-state index is 13.2. The molecule has 0 unspecified atom stereocenters. The Balaban J connectivity index is 1.77. The van der Waals surface area contributed by atoms with Crippen molar-refractivity contribution in [2.45, 2.75) is 26.3 Å². The van der Waals surface area contributed by atoms with Crippen LogP contribution < -0.4 is 10.2 Å². The van der Waals surface area contributed by atoms with Crippen molar-refractivity contribution in [1.82, 2.24) is 9.88 Å². The fraction of sp³-hybridized carbons (Fsp3) is 0.273. The monoisotopic (exact) mass is 439 g/mol. The smallest absolute Gasteiger partial charge is 0.270 e. The highest BCUT2D eigenvalue weighted by Gasteiger charge is 2.31. The van der Waals surface area contributed by atoms with E-state index in [2.05, 4.69) is 27.3 Å². The molecule has 1 aromatic heterocycles. The van der Waals surface area contributed by atoms with Gasteiger partial charge in [-0.15, -0.1) is 0 Å². The summed E-state index contributed by atoms with van der Waals surface area (Å²) in [4.78, 5) is 27.5. The number of hydrogen-bond donors (Lipinski definition) is 1. The van der Waals surface area contributed by atoms with Gasteiger partial charge in [0.2, 0.25) is 5.91 Å². The SMILES string of the molecule is Cc1ccc2c(c1)c(N1CCCC1=O)c(C(=O)NCc1ccccc1Br)n2C. The third-order valence-electron chi connectivity index (χ3n) is 5.28. The van der Waals surface area contributed by atoms with E-state index in [0.717, 1.165) is 38.6 Å². The molecule has 5 nitrogen and oxygen atoms in total. The molecule has 2 amide bonds. The minimum Gasteiger partial charge on any atom is -0.347 e. The number of rotatable bonds is 4. The number of aryl methyl sites for hydroxylation is 2. The normalized spacial score (nSPS) is 14.1. The van der Waals surface area contributed by atoms with Gasteiger partial charge in [0.15, 0.2) is 0 Å². The first-order valence-corrected chi connectivity index (χ1v) is 10.2. The third-order valence-corrected chi connectivity index (χ3v) is 6.06. The van der Waals surface area contributed by atoms with Crippen LogP contribution in [0.3, 0.4) is 0 Å². The maximum atomic E-state index is 13.2. The predicted octanol–water partition coefficient (Wildman–Crippen LogP) is 4.31. The number of amides is 2. The number of fused-ring (bicyclic) bond motifs is 1. The van der Waals surface area contributed by atoms with E-state index in [1.165, 1.54) is 0 Å². The van der Waals surface area contributed by atoms with E-state index in [1.54, 1.807) is 4.90 Å². The van der Waals surface area contributed by atoms with Gasteiger partial charge in [0.05, 0.1) is 11.2 Å². The van der Waals surface area contributed by atoms with Crippen LogP contribution in [-0.4, -0.2) is 22.9 Å². The molecule has 3 aromatic rings. The van der Waals surface area contributed by atoms with E-state index in [4.69, 9.17) is 0 Å². The lowest BCUT2D eigenvalue weighted by molar-refractivity contribution is -0.117. The highest BCUT2D eigenvalue weighted by atomic mass is 79.9. The summed E-state index contributed by atoms with van der Waals surface area (Å²) >= 11 is 3.52. The molecule has 0 bridgehead atoms. The lowest BCUT2D eigenvalue weighted by atomic mass is 10.1. The minimum atomic E-state index is -0.179. The second-order valence-electron chi connectivity index (χ2n) is 7.20. The topological polar surface area (TPSA) is 54.3 Å². The fourth-order valence-corrected chi connectivity index (χ4v) is 4.28.